The average Bonchev–Trinajstić information content (AvgIpc) is 2.34. The molecule has 1 aromatic rings. The highest BCUT2D eigenvalue weighted by Gasteiger charge is 2.04. The topological polar surface area (TPSA) is 44.8 Å². The minimum absolute atomic E-state index is 0.209. The summed E-state index contributed by atoms with van der Waals surface area (Å²) in [7, 11) is 1.36. The van der Waals surface area contributed by atoms with E-state index < -0.39 is 0 Å². The fraction of sp³-hybridized carbons (Fsp3) is 0.462. The van der Waals surface area contributed by atoms with Crippen LogP contribution in [0.15, 0.2) is 24.3 Å². The van der Waals surface area contributed by atoms with Crippen molar-refractivity contribution in [1.29, 1.82) is 0 Å². The van der Waals surface area contributed by atoms with E-state index in [0.29, 0.717) is 24.5 Å². The van der Waals surface area contributed by atoms with Gasteiger partial charge in [-0.1, -0.05) is 0 Å². The summed E-state index contributed by atoms with van der Waals surface area (Å²) in [4.78, 5) is 11.2. The lowest BCUT2D eigenvalue weighted by Gasteiger charge is -2.09. The summed E-state index contributed by atoms with van der Waals surface area (Å²) >= 11 is 0. The fourth-order valence-electron chi connectivity index (χ4n) is 1.25. The van der Waals surface area contributed by atoms with Crippen molar-refractivity contribution in [3.05, 3.63) is 29.8 Å². The Labute approximate surface area is 101 Å². The molecule has 0 amide bonds. The zero-order valence-electron chi connectivity index (χ0n) is 10.4. The molecule has 0 spiro atoms. The lowest BCUT2D eigenvalue weighted by molar-refractivity contribution is 0.0551. The van der Waals surface area contributed by atoms with E-state index in [1.165, 1.54) is 7.11 Å². The third kappa shape index (κ3) is 4.87. The maximum absolute atomic E-state index is 11.2. The number of carbonyl (C=O) groups is 1. The number of hydrogen-bond acceptors (Lipinski definition) is 4. The molecule has 0 aromatic heterocycles. The van der Waals surface area contributed by atoms with Gasteiger partial charge < -0.3 is 14.2 Å². The zero-order chi connectivity index (χ0) is 12.7. The number of carbonyl (C=O) groups excluding carboxylic acids is 1. The molecule has 0 radical (unpaired) electrons. The monoisotopic (exact) mass is 238 g/mol. The van der Waals surface area contributed by atoms with Gasteiger partial charge in [-0.05, 0) is 38.1 Å². The molecule has 0 unspecified atom stereocenters. The van der Waals surface area contributed by atoms with Gasteiger partial charge in [-0.2, -0.15) is 0 Å². The summed E-state index contributed by atoms with van der Waals surface area (Å²) < 4.78 is 15.4. The highest BCUT2D eigenvalue weighted by atomic mass is 16.5. The van der Waals surface area contributed by atoms with Crippen LogP contribution in [0.1, 0.15) is 24.2 Å². The summed E-state index contributed by atoms with van der Waals surface area (Å²) in [6, 6.07) is 6.82. The van der Waals surface area contributed by atoms with Crippen molar-refractivity contribution in [2.45, 2.75) is 20.0 Å². The van der Waals surface area contributed by atoms with Crippen molar-refractivity contribution in [1.82, 2.24) is 0 Å². The van der Waals surface area contributed by atoms with Crippen molar-refractivity contribution < 1.29 is 19.0 Å². The first-order valence-electron chi connectivity index (χ1n) is 5.56. The molecule has 0 bridgehead atoms. The summed E-state index contributed by atoms with van der Waals surface area (Å²) in [6.45, 7) is 5.00. The Kier molecular flexibility index (Phi) is 5.49. The van der Waals surface area contributed by atoms with Crippen LogP contribution in [0.3, 0.4) is 0 Å². The van der Waals surface area contributed by atoms with Gasteiger partial charge in [0.2, 0.25) is 0 Å². The minimum Gasteiger partial charge on any atom is -0.491 e. The van der Waals surface area contributed by atoms with Crippen LogP contribution in [0, 0.1) is 0 Å². The van der Waals surface area contributed by atoms with Crippen molar-refractivity contribution in [2.75, 3.05) is 20.3 Å². The first-order chi connectivity index (χ1) is 8.13. The third-order valence-corrected chi connectivity index (χ3v) is 2.08. The Bertz CT molecular complexity index is 343. The summed E-state index contributed by atoms with van der Waals surface area (Å²) in [5.74, 6) is 0.365. The largest absolute Gasteiger partial charge is 0.491 e. The van der Waals surface area contributed by atoms with E-state index in [0.717, 1.165) is 0 Å². The molecule has 0 fully saturated rings. The van der Waals surface area contributed by atoms with E-state index in [1.807, 2.05) is 13.8 Å². The van der Waals surface area contributed by atoms with Crippen LogP contribution in [0.25, 0.3) is 0 Å². The lowest BCUT2D eigenvalue weighted by Crippen LogP contribution is -2.11. The van der Waals surface area contributed by atoms with Crippen LogP contribution in [0.5, 0.6) is 5.75 Å². The number of methoxy groups -OCH3 is 1. The van der Waals surface area contributed by atoms with E-state index in [4.69, 9.17) is 9.47 Å². The number of rotatable bonds is 6. The zero-order valence-corrected chi connectivity index (χ0v) is 10.4. The third-order valence-electron chi connectivity index (χ3n) is 2.08. The molecule has 0 aliphatic heterocycles. The summed E-state index contributed by atoms with van der Waals surface area (Å²) in [6.07, 6.45) is 0.209. The number of hydrogen-bond donors (Lipinski definition) is 0. The van der Waals surface area contributed by atoms with Crippen LogP contribution < -0.4 is 4.74 Å². The van der Waals surface area contributed by atoms with Gasteiger partial charge in [-0.25, -0.2) is 4.79 Å². The van der Waals surface area contributed by atoms with E-state index in [2.05, 4.69) is 4.74 Å². The molecule has 1 rings (SSSR count). The van der Waals surface area contributed by atoms with Crippen molar-refractivity contribution in [3.63, 3.8) is 0 Å². The second-order valence-electron chi connectivity index (χ2n) is 3.78. The van der Waals surface area contributed by atoms with Gasteiger partial charge in [-0.15, -0.1) is 0 Å². The van der Waals surface area contributed by atoms with E-state index in [9.17, 15) is 4.79 Å². The van der Waals surface area contributed by atoms with E-state index >= 15 is 0 Å². The normalized spacial score (nSPS) is 10.4. The fourth-order valence-corrected chi connectivity index (χ4v) is 1.25. The molecular formula is C13H18O4. The van der Waals surface area contributed by atoms with Crippen molar-refractivity contribution in [3.8, 4) is 5.75 Å². The van der Waals surface area contributed by atoms with E-state index in [-0.39, 0.29) is 12.1 Å². The molecule has 0 saturated heterocycles. The molecule has 17 heavy (non-hydrogen) atoms. The maximum atomic E-state index is 11.2. The number of esters is 1. The quantitative estimate of drug-likeness (QED) is 0.563. The highest BCUT2D eigenvalue weighted by Crippen LogP contribution is 2.12. The summed E-state index contributed by atoms with van der Waals surface area (Å²) in [5, 5.41) is 0. The van der Waals surface area contributed by atoms with Gasteiger partial charge in [0.15, 0.2) is 0 Å². The Balaban J connectivity index is 2.38. The van der Waals surface area contributed by atoms with Crippen LogP contribution in [-0.2, 0) is 9.47 Å². The molecule has 0 atom stereocenters. The lowest BCUT2D eigenvalue weighted by atomic mass is 10.2. The molecule has 0 heterocycles. The SMILES string of the molecule is COC(=O)c1ccc(OCCOC(C)C)cc1. The standard InChI is InChI=1S/C13H18O4/c1-10(2)16-8-9-17-12-6-4-11(5-7-12)13(14)15-3/h4-7,10H,8-9H2,1-3H3. The first-order valence-corrected chi connectivity index (χ1v) is 5.56. The first kappa shape index (κ1) is 13.5. The summed E-state index contributed by atoms with van der Waals surface area (Å²) in [5.41, 5.74) is 0.512. The Morgan fingerprint density at radius 1 is 1.18 bits per heavy atom. The predicted molar refractivity (Wildman–Crippen MR) is 64.4 cm³/mol. The molecule has 4 nitrogen and oxygen atoms in total. The van der Waals surface area contributed by atoms with Crippen LogP contribution in [-0.4, -0.2) is 32.4 Å². The molecule has 1 aromatic carbocycles. The van der Waals surface area contributed by atoms with Crippen LogP contribution in [0.2, 0.25) is 0 Å². The molecule has 94 valence electrons. The molecule has 4 heteroatoms. The van der Waals surface area contributed by atoms with Crippen molar-refractivity contribution >= 4 is 5.97 Å². The number of ether oxygens (including phenoxy) is 3. The molecule has 0 N–H and O–H groups in total. The van der Waals surface area contributed by atoms with Crippen LogP contribution >= 0.6 is 0 Å². The maximum Gasteiger partial charge on any atom is 0.337 e. The Morgan fingerprint density at radius 3 is 2.35 bits per heavy atom. The van der Waals surface area contributed by atoms with Crippen molar-refractivity contribution in [2.24, 2.45) is 0 Å². The molecule has 0 saturated carbocycles. The molecule has 0 aliphatic rings. The Hall–Kier alpha value is -1.55. The number of benzene rings is 1. The Morgan fingerprint density at radius 2 is 1.82 bits per heavy atom. The molecular weight excluding hydrogens is 220 g/mol. The van der Waals surface area contributed by atoms with Gasteiger partial charge in [0.1, 0.15) is 12.4 Å². The molecule has 0 aliphatic carbocycles. The highest BCUT2D eigenvalue weighted by molar-refractivity contribution is 5.89. The average molecular weight is 238 g/mol. The predicted octanol–water partition coefficient (Wildman–Crippen LogP) is 2.28. The van der Waals surface area contributed by atoms with Gasteiger partial charge in [0.25, 0.3) is 0 Å². The second kappa shape index (κ2) is 6.91. The van der Waals surface area contributed by atoms with Gasteiger partial charge in [0, 0.05) is 0 Å². The van der Waals surface area contributed by atoms with Gasteiger partial charge >= 0.3 is 5.97 Å². The van der Waals surface area contributed by atoms with Crippen LogP contribution in [0.4, 0.5) is 0 Å². The van der Waals surface area contributed by atoms with E-state index in [1.54, 1.807) is 24.3 Å². The van der Waals surface area contributed by atoms with Gasteiger partial charge in [0.05, 0.1) is 25.4 Å². The smallest absolute Gasteiger partial charge is 0.337 e. The minimum atomic E-state index is -0.348. The second-order valence-corrected chi connectivity index (χ2v) is 3.78. The van der Waals surface area contributed by atoms with Gasteiger partial charge in [-0.3, -0.25) is 0 Å².